The lowest BCUT2D eigenvalue weighted by Crippen LogP contribution is -2.59. The highest BCUT2D eigenvalue weighted by Crippen LogP contribution is 2.31. The summed E-state index contributed by atoms with van der Waals surface area (Å²) < 4.78 is 5.59. The molecule has 3 nitrogen and oxygen atoms in total. The Bertz CT molecular complexity index is 236. The Balaban J connectivity index is 1.65. The van der Waals surface area contributed by atoms with Crippen LogP contribution in [0.5, 0.6) is 0 Å². The Labute approximate surface area is 105 Å². The molecule has 2 aliphatic rings. The maximum absolute atomic E-state index is 5.59. The quantitative estimate of drug-likeness (QED) is 0.564. The van der Waals surface area contributed by atoms with Crippen molar-refractivity contribution in [3.63, 3.8) is 0 Å². The maximum atomic E-state index is 5.59. The summed E-state index contributed by atoms with van der Waals surface area (Å²) in [4.78, 5) is 2.57. The number of nitrogens with one attached hydrogen (secondary N) is 1. The number of nitrogens with zero attached hydrogens (tertiary/aromatic N) is 1. The third-order valence-electron chi connectivity index (χ3n) is 4.03. The van der Waals surface area contributed by atoms with Crippen molar-refractivity contribution >= 4 is 0 Å². The molecule has 2 rings (SSSR count). The van der Waals surface area contributed by atoms with E-state index in [0.29, 0.717) is 5.54 Å². The van der Waals surface area contributed by atoms with Gasteiger partial charge in [-0.25, -0.2) is 0 Å². The molecule has 0 bridgehead atoms. The van der Waals surface area contributed by atoms with Gasteiger partial charge in [0.25, 0.3) is 0 Å². The molecule has 1 aliphatic carbocycles. The first-order valence-corrected chi connectivity index (χ1v) is 7.01. The van der Waals surface area contributed by atoms with Crippen molar-refractivity contribution in [2.24, 2.45) is 0 Å². The van der Waals surface area contributed by atoms with Gasteiger partial charge in [0, 0.05) is 31.7 Å². The van der Waals surface area contributed by atoms with E-state index in [0.717, 1.165) is 32.7 Å². The molecule has 1 N–H and O–H groups in total. The second-order valence-electron chi connectivity index (χ2n) is 5.38. The van der Waals surface area contributed by atoms with Gasteiger partial charge in [-0.2, -0.15) is 0 Å². The Morgan fingerprint density at radius 1 is 1.29 bits per heavy atom. The first-order valence-electron chi connectivity index (χ1n) is 7.01. The van der Waals surface area contributed by atoms with Gasteiger partial charge in [-0.1, -0.05) is 18.9 Å². The van der Waals surface area contributed by atoms with E-state index in [-0.39, 0.29) is 0 Å². The van der Waals surface area contributed by atoms with E-state index in [1.165, 1.54) is 38.8 Å². The van der Waals surface area contributed by atoms with E-state index in [9.17, 15) is 0 Å². The van der Waals surface area contributed by atoms with E-state index >= 15 is 0 Å². The second kappa shape index (κ2) is 6.53. The van der Waals surface area contributed by atoms with Gasteiger partial charge < -0.3 is 10.1 Å². The van der Waals surface area contributed by atoms with Crippen LogP contribution in [-0.4, -0.2) is 49.8 Å². The van der Waals surface area contributed by atoms with Gasteiger partial charge in [-0.15, -0.1) is 6.58 Å². The minimum absolute atomic E-state index is 0.444. The fraction of sp³-hybridized carbons (Fsp3) is 0.857. The molecule has 0 unspecified atom stereocenters. The van der Waals surface area contributed by atoms with Gasteiger partial charge in [0.15, 0.2) is 0 Å². The zero-order valence-electron chi connectivity index (χ0n) is 10.9. The normalized spacial score (nSPS) is 24.2. The molecule has 1 saturated heterocycles. The molecule has 1 heterocycles. The zero-order valence-corrected chi connectivity index (χ0v) is 10.9. The molecular formula is C14H26N2O. The number of piperazine rings is 1. The molecule has 3 heteroatoms. The van der Waals surface area contributed by atoms with Crippen molar-refractivity contribution in [1.82, 2.24) is 10.2 Å². The molecule has 0 aromatic rings. The molecule has 0 aromatic heterocycles. The molecule has 98 valence electrons. The van der Waals surface area contributed by atoms with E-state index in [4.69, 9.17) is 4.74 Å². The van der Waals surface area contributed by atoms with E-state index in [1.807, 2.05) is 6.08 Å². The number of ether oxygens (including phenoxy) is 1. The van der Waals surface area contributed by atoms with Crippen LogP contribution in [-0.2, 0) is 4.74 Å². The molecule has 0 aromatic carbocycles. The van der Waals surface area contributed by atoms with Crippen molar-refractivity contribution in [2.75, 3.05) is 39.4 Å². The monoisotopic (exact) mass is 238 g/mol. The first-order chi connectivity index (χ1) is 8.35. The van der Waals surface area contributed by atoms with Crippen molar-refractivity contribution in [1.29, 1.82) is 0 Å². The fourth-order valence-electron chi connectivity index (χ4n) is 3.08. The molecular weight excluding hydrogens is 212 g/mol. The van der Waals surface area contributed by atoms with Crippen molar-refractivity contribution in [2.45, 2.75) is 37.6 Å². The smallest absolute Gasteiger partial charge is 0.0593 e. The van der Waals surface area contributed by atoms with E-state index in [1.54, 1.807) is 0 Å². The SMILES string of the molecule is C=CCCOCCN1CCNC2(CCCC2)C1. The summed E-state index contributed by atoms with van der Waals surface area (Å²) in [6, 6.07) is 0. The molecule has 2 fully saturated rings. The third kappa shape index (κ3) is 3.80. The lowest BCUT2D eigenvalue weighted by atomic mass is 9.94. The zero-order chi connectivity index (χ0) is 12.0. The van der Waals surface area contributed by atoms with Crippen LogP contribution in [0.1, 0.15) is 32.1 Å². The molecule has 0 atom stereocenters. The van der Waals surface area contributed by atoms with Crippen LogP contribution in [0, 0.1) is 0 Å². The van der Waals surface area contributed by atoms with Crippen molar-refractivity contribution < 1.29 is 4.74 Å². The largest absolute Gasteiger partial charge is 0.380 e. The number of hydrogen-bond donors (Lipinski definition) is 1. The average molecular weight is 238 g/mol. The van der Waals surface area contributed by atoms with E-state index < -0.39 is 0 Å². The molecule has 0 amide bonds. The summed E-state index contributed by atoms with van der Waals surface area (Å²) in [7, 11) is 0. The predicted molar refractivity (Wildman–Crippen MR) is 71.3 cm³/mol. The van der Waals surface area contributed by atoms with Crippen molar-refractivity contribution in [3.05, 3.63) is 12.7 Å². The number of rotatable bonds is 6. The Hall–Kier alpha value is -0.380. The molecule has 1 aliphatic heterocycles. The van der Waals surface area contributed by atoms with Crippen LogP contribution < -0.4 is 5.32 Å². The average Bonchev–Trinajstić information content (AvgIpc) is 2.77. The summed E-state index contributed by atoms with van der Waals surface area (Å²) >= 11 is 0. The van der Waals surface area contributed by atoms with Gasteiger partial charge in [0.05, 0.1) is 13.2 Å². The van der Waals surface area contributed by atoms with Crippen LogP contribution >= 0.6 is 0 Å². The summed E-state index contributed by atoms with van der Waals surface area (Å²) in [6.45, 7) is 10.0. The third-order valence-corrected chi connectivity index (χ3v) is 4.03. The topological polar surface area (TPSA) is 24.5 Å². The highest BCUT2D eigenvalue weighted by atomic mass is 16.5. The standard InChI is InChI=1S/C14H26N2O/c1-2-3-11-17-12-10-16-9-8-15-14(13-16)6-4-5-7-14/h2,15H,1,3-13H2. The van der Waals surface area contributed by atoms with Crippen LogP contribution in [0.3, 0.4) is 0 Å². The summed E-state index contributed by atoms with van der Waals surface area (Å²) in [5.41, 5.74) is 0.444. The summed E-state index contributed by atoms with van der Waals surface area (Å²) in [5.74, 6) is 0. The van der Waals surface area contributed by atoms with Gasteiger partial charge in [0.2, 0.25) is 0 Å². The van der Waals surface area contributed by atoms with Crippen LogP contribution in [0.4, 0.5) is 0 Å². The highest BCUT2D eigenvalue weighted by molar-refractivity contribution is 4.98. The molecule has 1 saturated carbocycles. The van der Waals surface area contributed by atoms with Crippen LogP contribution in [0.15, 0.2) is 12.7 Å². The summed E-state index contributed by atoms with van der Waals surface area (Å²) in [5, 5.41) is 3.74. The van der Waals surface area contributed by atoms with E-state index in [2.05, 4.69) is 16.8 Å². The highest BCUT2D eigenvalue weighted by Gasteiger charge is 2.37. The van der Waals surface area contributed by atoms with Crippen molar-refractivity contribution in [3.8, 4) is 0 Å². The lowest BCUT2D eigenvalue weighted by Gasteiger charge is -2.41. The summed E-state index contributed by atoms with van der Waals surface area (Å²) in [6.07, 6.45) is 8.40. The van der Waals surface area contributed by atoms with Gasteiger partial charge in [0.1, 0.15) is 0 Å². The van der Waals surface area contributed by atoms with Crippen LogP contribution in [0.2, 0.25) is 0 Å². The minimum Gasteiger partial charge on any atom is -0.380 e. The molecule has 1 spiro atoms. The molecule has 17 heavy (non-hydrogen) atoms. The second-order valence-corrected chi connectivity index (χ2v) is 5.38. The first kappa shape index (κ1) is 13.1. The van der Waals surface area contributed by atoms with Gasteiger partial charge in [-0.3, -0.25) is 4.90 Å². The maximum Gasteiger partial charge on any atom is 0.0593 e. The Kier molecular flexibility index (Phi) is 5.01. The minimum atomic E-state index is 0.444. The molecule has 0 radical (unpaired) electrons. The Morgan fingerprint density at radius 2 is 2.12 bits per heavy atom. The van der Waals surface area contributed by atoms with Gasteiger partial charge in [-0.05, 0) is 19.3 Å². The van der Waals surface area contributed by atoms with Crippen LogP contribution in [0.25, 0.3) is 0 Å². The predicted octanol–water partition coefficient (Wildman–Crippen LogP) is 1.80. The lowest BCUT2D eigenvalue weighted by molar-refractivity contribution is 0.0755. The Morgan fingerprint density at radius 3 is 2.88 bits per heavy atom. The fourth-order valence-corrected chi connectivity index (χ4v) is 3.08. The number of hydrogen-bond acceptors (Lipinski definition) is 3. The van der Waals surface area contributed by atoms with Gasteiger partial charge >= 0.3 is 0 Å².